The number of methoxy groups -OCH3 is 1. The van der Waals surface area contributed by atoms with E-state index in [1.807, 2.05) is 11.4 Å². The Morgan fingerprint density at radius 3 is 2.68 bits per heavy atom. The number of esters is 1. The maximum atomic E-state index is 13.3. The van der Waals surface area contributed by atoms with Crippen LogP contribution in [0.25, 0.3) is 0 Å². The zero-order valence-corrected chi connectivity index (χ0v) is 16.8. The van der Waals surface area contributed by atoms with Gasteiger partial charge in [0.1, 0.15) is 0 Å². The number of carbonyl (C=O) groups excluding carboxylic acids is 3. The van der Waals surface area contributed by atoms with E-state index >= 15 is 0 Å². The number of ether oxygens (including phenoxy) is 1. The lowest BCUT2D eigenvalue weighted by Gasteiger charge is -2.35. The molecule has 0 saturated carbocycles. The maximum Gasteiger partial charge on any atom is 0.333 e. The molecular weight excluding hydrogens is 400 g/mol. The van der Waals surface area contributed by atoms with Gasteiger partial charge >= 0.3 is 5.97 Å². The fraction of sp³-hybridized carbons (Fsp3) is 0.350. The van der Waals surface area contributed by atoms with Crippen molar-refractivity contribution < 1.29 is 19.1 Å². The summed E-state index contributed by atoms with van der Waals surface area (Å²) in [7, 11) is 1.33. The van der Waals surface area contributed by atoms with E-state index in [9.17, 15) is 14.4 Å². The second kappa shape index (κ2) is 7.56. The van der Waals surface area contributed by atoms with E-state index in [0.717, 1.165) is 10.4 Å². The van der Waals surface area contributed by atoms with E-state index in [0.29, 0.717) is 30.2 Å². The van der Waals surface area contributed by atoms with E-state index < -0.39 is 17.9 Å². The van der Waals surface area contributed by atoms with Crippen molar-refractivity contribution in [2.24, 2.45) is 5.92 Å². The van der Waals surface area contributed by atoms with Crippen LogP contribution in [0.5, 0.6) is 0 Å². The molecule has 0 bridgehead atoms. The van der Waals surface area contributed by atoms with Crippen LogP contribution in [-0.4, -0.2) is 42.9 Å². The quantitative estimate of drug-likeness (QED) is 0.718. The zero-order chi connectivity index (χ0) is 19.8. The third kappa shape index (κ3) is 3.29. The molecule has 0 aliphatic carbocycles. The largest absolute Gasteiger partial charge is 0.467 e. The second-order valence-corrected chi connectivity index (χ2v) is 8.33. The fourth-order valence-corrected chi connectivity index (χ4v) is 4.93. The molecule has 0 radical (unpaired) electrons. The molecule has 1 aromatic carbocycles. The monoisotopic (exact) mass is 418 g/mol. The van der Waals surface area contributed by atoms with Gasteiger partial charge in [-0.05, 0) is 47.7 Å². The number of carbonyl (C=O) groups is 3. The van der Waals surface area contributed by atoms with Gasteiger partial charge in [0.25, 0.3) is 0 Å². The van der Waals surface area contributed by atoms with Crippen LogP contribution < -0.4 is 4.90 Å². The Morgan fingerprint density at radius 2 is 1.96 bits per heavy atom. The smallest absolute Gasteiger partial charge is 0.333 e. The number of halogens is 1. The molecule has 1 saturated heterocycles. The molecule has 2 aliphatic heterocycles. The summed E-state index contributed by atoms with van der Waals surface area (Å²) < 4.78 is 4.96. The molecule has 1 fully saturated rings. The van der Waals surface area contributed by atoms with E-state index in [4.69, 9.17) is 16.3 Å². The second-order valence-electron chi connectivity index (χ2n) is 6.89. The zero-order valence-electron chi connectivity index (χ0n) is 15.3. The van der Waals surface area contributed by atoms with Gasteiger partial charge in [-0.1, -0.05) is 11.6 Å². The first kappa shape index (κ1) is 19.0. The van der Waals surface area contributed by atoms with Crippen LogP contribution >= 0.6 is 22.9 Å². The third-order valence-electron chi connectivity index (χ3n) is 5.29. The maximum absolute atomic E-state index is 13.3. The molecule has 2 atom stereocenters. The van der Waals surface area contributed by atoms with Crippen molar-refractivity contribution in [3.8, 4) is 0 Å². The molecule has 2 amide bonds. The lowest BCUT2D eigenvalue weighted by atomic mass is 9.97. The number of thiophene rings is 1. The number of nitrogens with zero attached hydrogens (tertiary/aromatic N) is 2. The van der Waals surface area contributed by atoms with Gasteiger partial charge in [0.05, 0.1) is 13.0 Å². The summed E-state index contributed by atoms with van der Waals surface area (Å²) in [5, 5.41) is 2.51. The Labute approximate surface area is 171 Å². The summed E-state index contributed by atoms with van der Waals surface area (Å²) >= 11 is 7.50. The van der Waals surface area contributed by atoms with Crippen LogP contribution in [0.3, 0.4) is 0 Å². The minimum Gasteiger partial charge on any atom is -0.467 e. The summed E-state index contributed by atoms with van der Waals surface area (Å²) in [6.45, 7) is 0.734. The van der Waals surface area contributed by atoms with Crippen molar-refractivity contribution in [3.63, 3.8) is 0 Å². The first-order chi connectivity index (χ1) is 13.5. The molecule has 2 aliphatic rings. The third-order valence-corrected chi connectivity index (χ3v) is 6.53. The highest BCUT2D eigenvalue weighted by Crippen LogP contribution is 2.36. The summed E-state index contributed by atoms with van der Waals surface area (Å²) in [5.74, 6) is -1.23. The number of hydrogen-bond donors (Lipinski definition) is 0. The van der Waals surface area contributed by atoms with Crippen molar-refractivity contribution in [2.75, 3.05) is 25.1 Å². The first-order valence-corrected chi connectivity index (χ1v) is 10.3. The van der Waals surface area contributed by atoms with Crippen molar-refractivity contribution in [1.82, 2.24) is 4.90 Å². The Balaban J connectivity index is 1.56. The fourth-order valence-electron chi connectivity index (χ4n) is 3.90. The number of hydrogen-bond acceptors (Lipinski definition) is 5. The van der Waals surface area contributed by atoms with Gasteiger partial charge < -0.3 is 14.5 Å². The van der Waals surface area contributed by atoms with Gasteiger partial charge in [-0.3, -0.25) is 9.59 Å². The minimum atomic E-state index is -0.743. The summed E-state index contributed by atoms with van der Waals surface area (Å²) in [4.78, 5) is 42.5. The van der Waals surface area contributed by atoms with Crippen LogP contribution in [0, 0.1) is 5.92 Å². The normalized spacial score (nSPS) is 21.6. The Hall–Kier alpha value is -2.38. The predicted octanol–water partition coefficient (Wildman–Crippen LogP) is 3.05. The van der Waals surface area contributed by atoms with Gasteiger partial charge in [0, 0.05) is 35.1 Å². The van der Waals surface area contributed by atoms with Gasteiger partial charge in [0.15, 0.2) is 6.04 Å². The van der Waals surface area contributed by atoms with Gasteiger partial charge in [0.2, 0.25) is 11.8 Å². The summed E-state index contributed by atoms with van der Waals surface area (Å²) in [5.41, 5.74) is 1.54. The molecule has 146 valence electrons. The highest BCUT2D eigenvalue weighted by Gasteiger charge is 2.43. The van der Waals surface area contributed by atoms with Gasteiger partial charge in [-0.15, -0.1) is 11.3 Å². The number of anilines is 1. The molecule has 2 aromatic rings. The van der Waals surface area contributed by atoms with Crippen LogP contribution in [-0.2, 0) is 25.5 Å². The van der Waals surface area contributed by atoms with E-state index in [2.05, 4.69) is 0 Å². The summed E-state index contributed by atoms with van der Waals surface area (Å²) in [6.07, 6.45) is 0.830. The van der Waals surface area contributed by atoms with Crippen LogP contribution in [0.4, 0.5) is 5.69 Å². The lowest BCUT2D eigenvalue weighted by Crippen LogP contribution is -2.46. The molecule has 28 heavy (non-hydrogen) atoms. The SMILES string of the molecule is COC(=O)C1c2ccsc2CCN1C(=O)C1CC(=O)N(c2ccc(Cl)cc2)C1. The molecular formula is C20H19ClN2O4S. The van der Waals surface area contributed by atoms with E-state index in [1.54, 1.807) is 45.4 Å². The Kier molecular flexibility index (Phi) is 5.12. The number of fused-ring (bicyclic) bond motifs is 1. The summed E-state index contributed by atoms with van der Waals surface area (Å²) in [6, 6.07) is 8.10. The molecule has 2 unspecified atom stereocenters. The van der Waals surface area contributed by atoms with Crippen molar-refractivity contribution in [2.45, 2.75) is 18.9 Å². The Morgan fingerprint density at radius 1 is 1.21 bits per heavy atom. The molecule has 0 N–H and O–H groups in total. The standard InChI is InChI=1S/C20H19ClN2O4S/c1-27-20(26)18-15-7-9-28-16(15)6-8-22(18)19(25)12-10-17(24)23(11-12)14-4-2-13(21)3-5-14/h2-5,7,9,12,18H,6,8,10-11H2,1H3. The van der Waals surface area contributed by atoms with E-state index in [-0.39, 0.29) is 18.2 Å². The molecule has 1 aromatic heterocycles. The first-order valence-electron chi connectivity index (χ1n) is 9.00. The molecule has 0 spiro atoms. The highest BCUT2D eigenvalue weighted by atomic mass is 35.5. The lowest BCUT2D eigenvalue weighted by molar-refractivity contribution is -0.155. The molecule has 3 heterocycles. The number of rotatable bonds is 3. The number of amides is 2. The minimum absolute atomic E-state index is 0.108. The van der Waals surface area contributed by atoms with Crippen molar-refractivity contribution in [1.29, 1.82) is 0 Å². The predicted molar refractivity (Wildman–Crippen MR) is 106 cm³/mol. The average molecular weight is 419 g/mol. The molecule has 6 nitrogen and oxygen atoms in total. The molecule has 4 rings (SSSR count). The van der Waals surface area contributed by atoms with Gasteiger partial charge in [-0.25, -0.2) is 4.79 Å². The van der Waals surface area contributed by atoms with Gasteiger partial charge in [-0.2, -0.15) is 0 Å². The molecule has 8 heteroatoms. The van der Waals surface area contributed by atoms with Crippen molar-refractivity contribution in [3.05, 3.63) is 51.2 Å². The average Bonchev–Trinajstić information content (AvgIpc) is 3.33. The van der Waals surface area contributed by atoms with Crippen molar-refractivity contribution >= 4 is 46.4 Å². The van der Waals surface area contributed by atoms with Crippen LogP contribution in [0.1, 0.15) is 22.9 Å². The van der Waals surface area contributed by atoms with Crippen LogP contribution in [0.2, 0.25) is 5.02 Å². The number of benzene rings is 1. The topological polar surface area (TPSA) is 66.9 Å². The van der Waals surface area contributed by atoms with Crippen LogP contribution in [0.15, 0.2) is 35.7 Å². The highest BCUT2D eigenvalue weighted by molar-refractivity contribution is 7.10. The Bertz CT molecular complexity index is 927. The van der Waals surface area contributed by atoms with E-state index in [1.165, 1.54) is 7.11 Å².